The van der Waals surface area contributed by atoms with Crippen LogP contribution in [0.1, 0.15) is 38.3 Å². The fourth-order valence-electron chi connectivity index (χ4n) is 3.05. The summed E-state index contributed by atoms with van der Waals surface area (Å²) in [6, 6.07) is 9.92. The summed E-state index contributed by atoms with van der Waals surface area (Å²) in [4.78, 5) is 4.25. The molecule has 0 aliphatic carbocycles. The molecule has 0 fully saturated rings. The van der Waals surface area contributed by atoms with E-state index in [1.807, 2.05) is 24.3 Å². The van der Waals surface area contributed by atoms with Gasteiger partial charge in [-0.3, -0.25) is 5.10 Å². The highest BCUT2D eigenvalue weighted by Gasteiger charge is 2.15. The number of pyridine rings is 1. The summed E-state index contributed by atoms with van der Waals surface area (Å²) in [6.07, 6.45) is 3.98. The summed E-state index contributed by atoms with van der Waals surface area (Å²) in [5.41, 5.74) is 3.49. The number of hydrogen-bond acceptors (Lipinski definition) is 5. The minimum Gasteiger partial charge on any atom is -0.356 e. The molecule has 4 rings (SSSR count). The van der Waals surface area contributed by atoms with Crippen LogP contribution in [0.15, 0.2) is 41.1 Å². The first-order valence-corrected chi connectivity index (χ1v) is 8.21. The Hall–Kier alpha value is -2.89. The van der Waals surface area contributed by atoms with Crippen LogP contribution in [0.3, 0.4) is 0 Å². The molecule has 1 unspecified atom stereocenters. The number of anilines is 2. The lowest BCUT2D eigenvalue weighted by Gasteiger charge is -2.06. The predicted octanol–water partition coefficient (Wildman–Crippen LogP) is 4.75. The quantitative estimate of drug-likeness (QED) is 0.554. The minimum atomic E-state index is 0.399. The SMILES string of the molecule is CCCC(C)c1noc2cc(Nc3n[nH]c4ncccc34)ccc12. The Morgan fingerprint density at radius 3 is 3.04 bits per heavy atom. The topological polar surface area (TPSA) is 79.6 Å². The maximum Gasteiger partial charge on any atom is 0.169 e. The third-order valence-corrected chi connectivity index (χ3v) is 4.29. The Morgan fingerprint density at radius 2 is 2.17 bits per heavy atom. The van der Waals surface area contributed by atoms with Crippen molar-refractivity contribution in [3.8, 4) is 0 Å². The van der Waals surface area contributed by atoms with Crippen LogP contribution < -0.4 is 5.32 Å². The van der Waals surface area contributed by atoms with E-state index in [2.05, 4.69) is 45.6 Å². The van der Waals surface area contributed by atoms with Crippen molar-refractivity contribution in [1.29, 1.82) is 0 Å². The molecule has 0 radical (unpaired) electrons. The molecule has 4 aromatic rings. The monoisotopic (exact) mass is 321 g/mol. The molecular weight excluding hydrogens is 302 g/mol. The van der Waals surface area contributed by atoms with Crippen molar-refractivity contribution < 1.29 is 4.52 Å². The molecule has 0 saturated carbocycles. The van der Waals surface area contributed by atoms with Crippen LogP contribution >= 0.6 is 0 Å². The first-order valence-electron chi connectivity index (χ1n) is 8.21. The summed E-state index contributed by atoms with van der Waals surface area (Å²) >= 11 is 0. The first-order chi connectivity index (χ1) is 11.8. The van der Waals surface area contributed by atoms with Crippen molar-refractivity contribution in [3.05, 3.63) is 42.2 Å². The van der Waals surface area contributed by atoms with Gasteiger partial charge >= 0.3 is 0 Å². The minimum absolute atomic E-state index is 0.399. The van der Waals surface area contributed by atoms with Crippen molar-refractivity contribution in [2.45, 2.75) is 32.6 Å². The number of nitrogens with one attached hydrogen (secondary N) is 2. The third-order valence-electron chi connectivity index (χ3n) is 4.29. The molecule has 122 valence electrons. The van der Waals surface area contributed by atoms with Crippen LogP contribution in [0.5, 0.6) is 0 Å². The number of rotatable bonds is 5. The van der Waals surface area contributed by atoms with E-state index >= 15 is 0 Å². The van der Waals surface area contributed by atoms with E-state index in [-0.39, 0.29) is 0 Å². The highest BCUT2D eigenvalue weighted by atomic mass is 16.5. The average Bonchev–Trinajstić information content (AvgIpc) is 3.19. The summed E-state index contributed by atoms with van der Waals surface area (Å²) in [5.74, 6) is 1.15. The van der Waals surface area contributed by atoms with Gasteiger partial charge in [0.05, 0.1) is 11.1 Å². The molecule has 24 heavy (non-hydrogen) atoms. The molecule has 0 amide bonds. The van der Waals surface area contributed by atoms with E-state index in [0.29, 0.717) is 5.92 Å². The van der Waals surface area contributed by atoms with Crippen molar-refractivity contribution >= 4 is 33.5 Å². The van der Waals surface area contributed by atoms with Gasteiger partial charge in [0.25, 0.3) is 0 Å². The Balaban J connectivity index is 1.66. The Labute approximate surface area is 139 Å². The zero-order chi connectivity index (χ0) is 16.5. The largest absolute Gasteiger partial charge is 0.356 e. The molecule has 6 nitrogen and oxygen atoms in total. The number of benzene rings is 1. The van der Waals surface area contributed by atoms with Gasteiger partial charge in [-0.15, -0.1) is 0 Å². The van der Waals surface area contributed by atoms with Gasteiger partial charge in [-0.2, -0.15) is 5.10 Å². The summed E-state index contributed by atoms with van der Waals surface area (Å²) < 4.78 is 5.53. The van der Waals surface area contributed by atoms with Gasteiger partial charge in [0, 0.05) is 29.3 Å². The second kappa shape index (κ2) is 5.96. The first kappa shape index (κ1) is 14.7. The lowest BCUT2D eigenvalue weighted by atomic mass is 9.99. The normalized spacial score (nSPS) is 12.8. The van der Waals surface area contributed by atoms with Crippen LogP contribution in [0.25, 0.3) is 22.0 Å². The molecule has 1 atom stereocenters. The van der Waals surface area contributed by atoms with E-state index in [4.69, 9.17) is 4.52 Å². The molecule has 2 N–H and O–H groups in total. The Bertz CT molecular complexity index is 987. The van der Waals surface area contributed by atoms with Gasteiger partial charge < -0.3 is 9.84 Å². The lowest BCUT2D eigenvalue weighted by molar-refractivity contribution is 0.436. The van der Waals surface area contributed by atoms with Crippen molar-refractivity contribution in [3.63, 3.8) is 0 Å². The molecular formula is C18H19N5O. The summed E-state index contributed by atoms with van der Waals surface area (Å²) in [7, 11) is 0. The van der Waals surface area contributed by atoms with Crippen LogP contribution in [0, 0.1) is 0 Å². The van der Waals surface area contributed by atoms with Gasteiger partial charge in [0.15, 0.2) is 17.0 Å². The molecule has 6 heteroatoms. The summed E-state index contributed by atoms with van der Waals surface area (Å²) in [6.45, 7) is 4.37. The van der Waals surface area contributed by atoms with Crippen molar-refractivity contribution in [2.75, 3.05) is 5.32 Å². The Morgan fingerprint density at radius 1 is 1.25 bits per heavy atom. The van der Waals surface area contributed by atoms with Crippen molar-refractivity contribution in [1.82, 2.24) is 20.3 Å². The molecule has 3 heterocycles. The molecule has 0 saturated heterocycles. The van der Waals surface area contributed by atoms with E-state index in [9.17, 15) is 0 Å². The van der Waals surface area contributed by atoms with E-state index in [0.717, 1.165) is 52.0 Å². The van der Waals surface area contributed by atoms with Gasteiger partial charge in [-0.1, -0.05) is 25.4 Å². The van der Waals surface area contributed by atoms with Gasteiger partial charge in [0.1, 0.15) is 0 Å². The van der Waals surface area contributed by atoms with E-state index in [1.165, 1.54) is 0 Å². The number of hydrogen-bond donors (Lipinski definition) is 2. The standard InChI is InChI=1S/C18H19N5O/c1-3-5-11(2)16-13-8-7-12(10-15(13)24-23-16)20-18-14-6-4-9-19-17(14)21-22-18/h4,6-11H,3,5H2,1-2H3,(H2,19,20,21,22). The molecule has 0 bridgehead atoms. The molecule has 1 aromatic carbocycles. The van der Waals surface area contributed by atoms with Gasteiger partial charge in [0.2, 0.25) is 0 Å². The van der Waals surface area contributed by atoms with E-state index in [1.54, 1.807) is 6.20 Å². The fourth-order valence-corrected chi connectivity index (χ4v) is 3.05. The third kappa shape index (κ3) is 2.50. The average molecular weight is 321 g/mol. The smallest absolute Gasteiger partial charge is 0.169 e. The zero-order valence-electron chi connectivity index (χ0n) is 13.7. The fraction of sp³-hybridized carbons (Fsp3) is 0.278. The number of nitrogens with zero attached hydrogens (tertiary/aromatic N) is 3. The molecule has 0 spiro atoms. The van der Waals surface area contributed by atoms with Gasteiger partial charge in [-0.05, 0) is 30.7 Å². The number of aromatic amines is 1. The second-order valence-electron chi connectivity index (χ2n) is 6.07. The maximum absolute atomic E-state index is 5.53. The predicted molar refractivity (Wildman–Crippen MR) is 94.5 cm³/mol. The highest BCUT2D eigenvalue weighted by molar-refractivity contribution is 5.90. The van der Waals surface area contributed by atoms with E-state index < -0.39 is 0 Å². The highest BCUT2D eigenvalue weighted by Crippen LogP contribution is 2.31. The molecule has 0 aliphatic heterocycles. The number of H-pyrrole nitrogens is 1. The van der Waals surface area contributed by atoms with Crippen LogP contribution in [0.2, 0.25) is 0 Å². The van der Waals surface area contributed by atoms with Crippen LogP contribution in [0.4, 0.5) is 11.5 Å². The Kier molecular flexibility index (Phi) is 3.65. The van der Waals surface area contributed by atoms with Crippen molar-refractivity contribution in [2.24, 2.45) is 0 Å². The van der Waals surface area contributed by atoms with Crippen LogP contribution in [-0.4, -0.2) is 20.3 Å². The summed E-state index contributed by atoms with van der Waals surface area (Å²) in [5, 5.41) is 16.8. The maximum atomic E-state index is 5.53. The zero-order valence-corrected chi connectivity index (χ0v) is 13.7. The molecule has 3 aromatic heterocycles. The van der Waals surface area contributed by atoms with Crippen LogP contribution in [-0.2, 0) is 0 Å². The lowest BCUT2D eigenvalue weighted by Crippen LogP contribution is -1.94. The number of fused-ring (bicyclic) bond motifs is 2. The molecule has 0 aliphatic rings. The van der Waals surface area contributed by atoms with Gasteiger partial charge in [-0.25, -0.2) is 4.98 Å². The number of aromatic nitrogens is 4. The second-order valence-corrected chi connectivity index (χ2v) is 6.07.